The molecule has 1 heterocycles. The molecule has 0 spiro atoms. The van der Waals surface area contributed by atoms with Crippen LogP contribution in [0.25, 0.3) is 5.70 Å². The number of hydrogen-bond donors (Lipinski definition) is 0. The predicted octanol–water partition coefficient (Wildman–Crippen LogP) is 2.62. The largest absolute Gasteiger partial charge is 0.493 e. The number of hydrogen-bond acceptors (Lipinski definition) is 3. The van der Waals surface area contributed by atoms with Gasteiger partial charge in [-0.3, -0.25) is 4.79 Å². The molecular formula is C14H14F3NO3. The third-order valence-corrected chi connectivity index (χ3v) is 3.34. The number of fused-ring (bicyclic) bond motifs is 1. The van der Waals surface area contributed by atoms with Gasteiger partial charge in [-0.25, -0.2) is 0 Å². The fourth-order valence-corrected chi connectivity index (χ4v) is 2.29. The number of carbonyl (C=O) groups excluding carboxylic acids is 1. The Morgan fingerprint density at radius 3 is 2.33 bits per heavy atom. The summed E-state index contributed by atoms with van der Waals surface area (Å²) < 4.78 is 48.0. The van der Waals surface area contributed by atoms with Gasteiger partial charge in [0.25, 0.3) is 0 Å². The number of halogens is 3. The molecule has 0 bridgehead atoms. The van der Waals surface area contributed by atoms with Crippen molar-refractivity contribution in [1.29, 1.82) is 0 Å². The zero-order valence-corrected chi connectivity index (χ0v) is 11.6. The van der Waals surface area contributed by atoms with E-state index in [2.05, 4.69) is 6.58 Å². The number of ether oxygens (including phenoxy) is 2. The number of carbonyl (C=O) groups is 1. The van der Waals surface area contributed by atoms with Crippen LogP contribution in [0.15, 0.2) is 18.7 Å². The van der Waals surface area contributed by atoms with Crippen molar-refractivity contribution in [3.63, 3.8) is 0 Å². The second kappa shape index (κ2) is 5.31. The Bertz CT molecular complexity index is 596. The highest BCUT2D eigenvalue weighted by Gasteiger charge is 2.44. The summed E-state index contributed by atoms with van der Waals surface area (Å²) in [6, 6.07) is 3.22. The van der Waals surface area contributed by atoms with E-state index < -0.39 is 12.1 Å². The number of alkyl halides is 3. The van der Waals surface area contributed by atoms with Gasteiger partial charge >= 0.3 is 12.1 Å². The van der Waals surface area contributed by atoms with E-state index in [1.807, 2.05) is 0 Å². The number of rotatable bonds is 2. The van der Waals surface area contributed by atoms with Gasteiger partial charge in [-0.15, -0.1) is 0 Å². The second-order valence-corrected chi connectivity index (χ2v) is 4.52. The van der Waals surface area contributed by atoms with Gasteiger partial charge in [-0.05, 0) is 24.1 Å². The van der Waals surface area contributed by atoms with Crippen LogP contribution >= 0.6 is 0 Å². The third-order valence-electron chi connectivity index (χ3n) is 3.34. The highest BCUT2D eigenvalue weighted by Crippen LogP contribution is 2.38. The molecule has 114 valence electrons. The van der Waals surface area contributed by atoms with Crippen LogP contribution in [-0.2, 0) is 11.2 Å². The first-order chi connectivity index (χ1) is 9.79. The Morgan fingerprint density at radius 2 is 1.81 bits per heavy atom. The Balaban J connectivity index is 2.42. The molecule has 4 nitrogen and oxygen atoms in total. The Hall–Kier alpha value is -2.18. The second-order valence-electron chi connectivity index (χ2n) is 4.52. The Morgan fingerprint density at radius 1 is 1.24 bits per heavy atom. The number of nitrogens with zero attached hydrogens (tertiary/aromatic N) is 1. The first-order valence-electron chi connectivity index (χ1n) is 6.12. The predicted molar refractivity (Wildman–Crippen MR) is 70.1 cm³/mol. The minimum absolute atomic E-state index is 0.0135. The van der Waals surface area contributed by atoms with Crippen LogP contribution in [0.3, 0.4) is 0 Å². The van der Waals surface area contributed by atoms with E-state index in [0.29, 0.717) is 22.0 Å². The van der Waals surface area contributed by atoms with Crippen LogP contribution in [0.1, 0.15) is 11.1 Å². The summed E-state index contributed by atoms with van der Waals surface area (Å²) in [5, 5.41) is 0. The lowest BCUT2D eigenvalue weighted by Gasteiger charge is -2.31. The molecule has 1 aliphatic rings. The lowest BCUT2D eigenvalue weighted by Crippen LogP contribution is -2.42. The molecule has 1 aromatic rings. The van der Waals surface area contributed by atoms with Crippen molar-refractivity contribution in [3.8, 4) is 11.5 Å². The van der Waals surface area contributed by atoms with Crippen LogP contribution in [0.5, 0.6) is 11.5 Å². The molecule has 2 rings (SSSR count). The summed E-state index contributed by atoms with van der Waals surface area (Å²) in [6.07, 6.45) is -4.63. The van der Waals surface area contributed by atoms with Crippen molar-refractivity contribution in [1.82, 2.24) is 4.90 Å². The van der Waals surface area contributed by atoms with Crippen molar-refractivity contribution < 1.29 is 27.4 Å². The molecule has 0 saturated carbocycles. The lowest BCUT2D eigenvalue weighted by molar-refractivity contribution is -0.181. The molecule has 1 aromatic carbocycles. The number of methoxy groups -OCH3 is 2. The van der Waals surface area contributed by atoms with E-state index >= 15 is 0 Å². The maximum atomic E-state index is 12.6. The van der Waals surface area contributed by atoms with Crippen molar-refractivity contribution in [2.75, 3.05) is 20.8 Å². The van der Waals surface area contributed by atoms with Crippen LogP contribution in [-0.4, -0.2) is 37.7 Å². The van der Waals surface area contributed by atoms with Gasteiger partial charge in [-0.2, -0.15) is 13.2 Å². The highest BCUT2D eigenvalue weighted by molar-refractivity contribution is 5.91. The standard InChI is InChI=1S/C14H14F3NO3/c1-8-10-7-12(21-3)11(20-2)6-9(10)4-5-18(8)13(19)14(15,16)17/h6-7H,1,4-5H2,2-3H3. The summed E-state index contributed by atoms with van der Waals surface area (Å²) in [5.41, 5.74) is 1.24. The maximum absolute atomic E-state index is 12.6. The number of benzene rings is 1. The third kappa shape index (κ3) is 2.68. The van der Waals surface area contributed by atoms with E-state index in [4.69, 9.17) is 9.47 Å². The summed E-state index contributed by atoms with van der Waals surface area (Å²) >= 11 is 0. The average molecular weight is 301 g/mol. The first kappa shape index (κ1) is 15.2. The van der Waals surface area contributed by atoms with Crippen LogP contribution in [0.4, 0.5) is 13.2 Å². The lowest BCUT2D eigenvalue weighted by atomic mass is 9.96. The quantitative estimate of drug-likeness (QED) is 0.843. The first-order valence-corrected chi connectivity index (χ1v) is 6.12. The molecule has 0 aliphatic carbocycles. The monoisotopic (exact) mass is 301 g/mol. The van der Waals surface area contributed by atoms with Gasteiger partial charge in [0.15, 0.2) is 11.5 Å². The SMILES string of the molecule is C=C1c2cc(OC)c(OC)cc2CCN1C(=O)C(F)(F)F. The zero-order valence-electron chi connectivity index (χ0n) is 11.6. The Kier molecular flexibility index (Phi) is 3.85. The zero-order chi connectivity index (χ0) is 15.8. The molecular weight excluding hydrogens is 287 g/mol. The van der Waals surface area contributed by atoms with Crippen molar-refractivity contribution >= 4 is 11.6 Å². The van der Waals surface area contributed by atoms with Gasteiger partial charge < -0.3 is 14.4 Å². The molecule has 0 N–H and O–H groups in total. The molecule has 0 aromatic heterocycles. The fourth-order valence-electron chi connectivity index (χ4n) is 2.29. The van der Waals surface area contributed by atoms with Crippen LogP contribution in [0.2, 0.25) is 0 Å². The molecule has 0 unspecified atom stereocenters. The molecule has 21 heavy (non-hydrogen) atoms. The molecule has 1 aliphatic heterocycles. The van der Waals surface area contributed by atoms with Crippen molar-refractivity contribution in [2.24, 2.45) is 0 Å². The van der Waals surface area contributed by atoms with E-state index in [9.17, 15) is 18.0 Å². The van der Waals surface area contributed by atoms with Gasteiger partial charge in [0.05, 0.1) is 14.2 Å². The maximum Gasteiger partial charge on any atom is 0.471 e. The van der Waals surface area contributed by atoms with E-state index in [1.54, 1.807) is 6.07 Å². The average Bonchev–Trinajstić information content (AvgIpc) is 2.44. The van der Waals surface area contributed by atoms with E-state index in [0.717, 1.165) is 5.56 Å². The molecule has 0 radical (unpaired) electrons. The Labute approximate surface area is 119 Å². The van der Waals surface area contributed by atoms with Gasteiger partial charge in [0.2, 0.25) is 0 Å². The van der Waals surface area contributed by atoms with Crippen molar-refractivity contribution in [2.45, 2.75) is 12.6 Å². The molecule has 0 saturated heterocycles. The fraction of sp³-hybridized carbons (Fsp3) is 0.357. The highest BCUT2D eigenvalue weighted by atomic mass is 19.4. The van der Waals surface area contributed by atoms with Crippen LogP contribution in [0, 0.1) is 0 Å². The molecule has 0 atom stereocenters. The van der Waals surface area contributed by atoms with Gasteiger partial charge in [0.1, 0.15) is 0 Å². The number of amides is 1. The van der Waals surface area contributed by atoms with E-state index in [1.165, 1.54) is 20.3 Å². The normalized spacial score (nSPS) is 14.7. The topological polar surface area (TPSA) is 38.8 Å². The van der Waals surface area contributed by atoms with Gasteiger partial charge in [0, 0.05) is 17.8 Å². The summed E-state index contributed by atoms with van der Waals surface area (Å²) in [7, 11) is 2.90. The van der Waals surface area contributed by atoms with Gasteiger partial charge in [-0.1, -0.05) is 6.58 Å². The molecule has 0 fully saturated rings. The minimum Gasteiger partial charge on any atom is -0.493 e. The minimum atomic E-state index is -4.92. The van der Waals surface area contributed by atoms with E-state index in [-0.39, 0.29) is 18.7 Å². The molecule has 1 amide bonds. The smallest absolute Gasteiger partial charge is 0.471 e. The molecule has 7 heteroatoms. The van der Waals surface area contributed by atoms with Crippen molar-refractivity contribution in [3.05, 3.63) is 29.8 Å². The summed E-state index contributed by atoms with van der Waals surface area (Å²) in [6.45, 7) is 3.54. The summed E-state index contributed by atoms with van der Waals surface area (Å²) in [5.74, 6) is -1.05. The van der Waals surface area contributed by atoms with Crippen LogP contribution < -0.4 is 9.47 Å². The summed E-state index contributed by atoms with van der Waals surface area (Å²) in [4.78, 5) is 12.0.